The van der Waals surface area contributed by atoms with Crippen LogP contribution in [0.4, 0.5) is 13.2 Å². The molecule has 2 rings (SSSR count). The molecule has 0 aromatic carbocycles. The third kappa shape index (κ3) is 3.95. The molecule has 1 aliphatic carbocycles. The Balaban J connectivity index is 2.12. The van der Waals surface area contributed by atoms with E-state index in [1.807, 2.05) is 0 Å². The van der Waals surface area contributed by atoms with E-state index < -0.39 is 11.7 Å². The molecule has 118 valence electrons. The SMILES string of the molecule is CC(C)c1nc(CN[C@H]2CCC[C@H]2O)ccc1C(F)(F)F. The molecule has 0 radical (unpaired) electrons. The second-order valence-corrected chi connectivity index (χ2v) is 5.87. The highest BCUT2D eigenvalue weighted by Gasteiger charge is 2.35. The monoisotopic (exact) mass is 302 g/mol. The molecule has 1 aromatic heterocycles. The summed E-state index contributed by atoms with van der Waals surface area (Å²) in [5, 5.41) is 12.9. The number of alkyl halides is 3. The lowest BCUT2D eigenvalue weighted by molar-refractivity contribution is -0.138. The molecule has 0 bridgehead atoms. The van der Waals surface area contributed by atoms with Crippen molar-refractivity contribution in [1.29, 1.82) is 0 Å². The highest BCUT2D eigenvalue weighted by molar-refractivity contribution is 5.28. The van der Waals surface area contributed by atoms with Gasteiger partial charge in [0.05, 0.1) is 23.1 Å². The first-order chi connectivity index (χ1) is 9.79. The fraction of sp³-hybridized carbons (Fsp3) is 0.667. The van der Waals surface area contributed by atoms with E-state index in [2.05, 4.69) is 10.3 Å². The lowest BCUT2D eigenvalue weighted by atomic mass is 10.0. The van der Waals surface area contributed by atoms with Gasteiger partial charge in [-0.2, -0.15) is 13.2 Å². The Bertz CT molecular complexity index is 488. The zero-order valence-corrected chi connectivity index (χ0v) is 12.2. The molecule has 1 saturated carbocycles. The number of aliphatic hydroxyl groups excluding tert-OH is 1. The Kier molecular flexibility index (Phi) is 4.88. The van der Waals surface area contributed by atoms with Crippen molar-refractivity contribution < 1.29 is 18.3 Å². The zero-order valence-electron chi connectivity index (χ0n) is 12.2. The van der Waals surface area contributed by atoms with E-state index in [1.54, 1.807) is 13.8 Å². The first-order valence-corrected chi connectivity index (χ1v) is 7.27. The molecule has 0 saturated heterocycles. The Morgan fingerprint density at radius 3 is 2.57 bits per heavy atom. The molecule has 6 heteroatoms. The van der Waals surface area contributed by atoms with Crippen LogP contribution < -0.4 is 5.32 Å². The topological polar surface area (TPSA) is 45.2 Å². The minimum atomic E-state index is -4.37. The van der Waals surface area contributed by atoms with Gasteiger partial charge in [0, 0.05) is 12.6 Å². The second-order valence-electron chi connectivity index (χ2n) is 5.87. The number of aromatic nitrogens is 1. The van der Waals surface area contributed by atoms with Crippen molar-refractivity contribution in [2.45, 2.75) is 63.9 Å². The van der Waals surface area contributed by atoms with Gasteiger partial charge in [0.2, 0.25) is 0 Å². The van der Waals surface area contributed by atoms with Crippen LogP contribution in [0.15, 0.2) is 12.1 Å². The van der Waals surface area contributed by atoms with Gasteiger partial charge >= 0.3 is 6.18 Å². The van der Waals surface area contributed by atoms with Gasteiger partial charge in [-0.3, -0.25) is 4.98 Å². The van der Waals surface area contributed by atoms with Gasteiger partial charge in [-0.1, -0.05) is 13.8 Å². The van der Waals surface area contributed by atoms with Crippen LogP contribution in [0.5, 0.6) is 0 Å². The molecule has 0 spiro atoms. The predicted molar refractivity (Wildman–Crippen MR) is 73.8 cm³/mol. The maximum absolute atomic E-state index is 12.9. The van der Waals surface area contributed by atoms with Crippen LogP contribution in [0.25, 0.3) is 0 Å². The first kappa shape index (κ1) is 16.2. The summed E-state index contributed by atoms with van der Waals surface area (Å²) < 4.78 is 38.8. The van der Waals surface area contributed by atoms with Crippen molar-refractivity contribution in [2.75, 3.05) is 0 Å². The summed E-state index contributed by atoms with van der Waals surface area (Å²) in [6.45, 7) is 3.78. The first-order valence-electron chi connectivity index (χ1n) is 7.27. The van der Waals surface area contributed by atoms with Gasteiger partial charge in [0.1, 0.15) is 0 Å². The highest BCUT2D eigenvalue weighted by Crippen LogP contribution is 2.34. The van der Waals surface area contributed by atoms with Crippen molar-refractivity contribution in [3.8, 4) is 0 Å². The van der Waals surface area contributed by atoms with E-state index in [-0.39, 0.29) is 23.8 Å². The van der Waals surface area contributed by atoms with Crippen LogP contribution >= 0.6 is 0 Å². The maximum Gasteiger partial charge on any atom is 0.418 e. The fourth-order valence-electron chi connectivity index (χ4n) is 2.71. The van der Waals surface area contributed by atoms with Crippen molar-refractivity contribution in [1.82, 2.24) is 10.3 Å². The van der Waals surface area contributed by atoms with Crippen LogP contribution in [0.1, 0.15) is 56.0 Å². The van der Waals surface area contributed by atoms with Gasteiger partial charge in [0.25, 0.3) is 0 Å². The van der Waals surface area contributed by atoms with Crippen LogP contribution in [0.2, 0.25) is 0 Å². The molecule has 1 heterocycles. The van der Waals surface area contributed by atoms with E-state index >= 15 is 0 Å². The van der Waals surface area contributed by atoms with Gasteiger partial charge in [-0.15, -0.1) is 0 Å². The Hall–Kier alpha value is -1.14. The van der Waals surface area contributed by atoms with Gasteiger partial charge in [0.15, 0.2) is 0 Å². The summed E-state index contributed by atoms with van der Waals surface area (Å²) in [4.78, 5) is 4.16. The lowest BCUT2D eigenvalue weighted by Gasteiger charge is -2.18. The predicted octanol–water partition coefficient (Wildman–Crippen LogP) is 3.23. The lowest BCUT2D eigenvalue weighted by Crippen LogP contribution is -2.35. The van der Waals surface area contributed by atoms with Gasteiger partial charge in [-0.05, 0) is 37.3 Å². The number of hydrogen-bond donors (Lipinski definition) is 2. The summed E-state index contributed by atoms with van der Waals surface area (Å²) in [6.07, 6.45) is -2.12. The molecule has 0 aliphatic heterocycles. The van der Waals surface area contributed by atoms with E-state index in [1.165, 1.54) is 6.07 Å². The quantitative estimate of drug-likeness (QED) is 0.897. The number of pyridine rings is 1. The van der Waals surface area contributed by atoms with Gasteiger partial charge < -0.3 is 10.4 Å². The molecular formula is C15H21F3N2O. The molecule has 2 N–H and O–H groups in total. The maximum atomic E-state index is 12.9. The summed E-state index contributed by atoms with van der Waals surface area (Å²) in [6, 6.07) is 2.52. The Morgan fingerprint density at radius 2 is 2.05 bits per heavy atom. The Morgan fingerprint density at radius 1 is 1.33 bits per heavy atom. The van der Waals surface area contributed by atoms with Crippen molar-refractivity contribution in [3.05, 3.63) is 29.1 Å². The Labute approximate surface area is 122 Å². The standard InChI is InChI=1S/C15H21F3N2O/c1-9(2)14-11(15(16,17)18)7-6-10(20-14)8-19-12-4-3-5-13(12)21/h6-7,9,12-13,19,21H,3-5,8H2,1-2H3/t12-,13+/m0/s1. The zero-order chi connectivity index (χ0) is 15.6. The molecule has 1 fully saturated rings. The number of nitrogens with one attached hydrogen (secondary N) is 1. The number of nitrogens with zero attached hydrogens (tertiary/aromatic N) is 1. The second kappa shape index (κ2) is 6.32. The third-order valence-corrected chi connectivity index (χ3v) is 3.86. The van der Waals surface area contributed by atoms with Crippen molar-refractivity contribution >= 4 is 0 Å². The van der Waals surface area contributed by atoms with Crippen LogP contribution in [-0.4, -0.2) is 22.2 Å². The number of hydrogen-bond acceptors (Lipinski definition) is 3. The largest absolute Gasteiger partial charge is 0.418 e. The molecule has 0 amide bonds. The van der Waals surface area contributed by atoms with E-state index in [0.717, 1.165) is 25.3 Å². The number of aliphatic hydroxyl groups is 1. The molecular weight excluding hydrogens is 281 g/mol. The van der Waals surface area contributed by atoms with Crippen molar-refractivity contribution in [3.63, 3.8) is 0 Å². The average Bonchev–Trinajstić information content (AvgIpc) is 2.80. The molecule has 3 nitrogen and oxygen atoms in total. The smallest absolute Gasteiger partial charge is 0.392 e. The van der Waals surface area contributed by atoms with Crippen LogP contribution in [0.3, 0.4) is 0 Å². The molecule has 1 aliphatic rings. The van der Waals surface area contributed by atoms with E-state index in [9.17, 15) is 18.3 Å². The molecule has 0 unspecified atom stereocenters. The summed E-state index contributed by atoms with van der Waals surface area (Å²) in [5.41, 5.74) is -0.0123. The number of rotatable bonds is 4. The average molecular weight is 302 g/mol. The third-order valence-electron chi connectivity index (χ3n) is 3.86. The fourth-order valence-corrected chi connectivity index (χ4v) is 2.71. The van der Waals surface area contributed by atoms with E-state index in [0.29, 0.717) is 12.2 Å². The minimum Gasteiger partial charge on any atom is -0.392 e. The summed E-state index contributed by atoms with van der Waals surface area (Å²) in [7, 11) is 0. The van der Waals surface area contributed by atoms with Gasteiger partial charge in [-0.25, -0.2) is 0 Å². The summed E-state index contributed by atoms with van der Waals surface area (Å²) in [5.74, 6) is -0.293. The van der Waals surface area contributed by atoms with Crippen LogP contribution in [0, 0.1) is 0 Å². The van der Waals surface area contributed by atoms with Crippen LogP contribution in [-0.2, 0) is 12.7 Å². The van der Waals surface area contributed by atoms with E-state index in [4.69, 9.17) is 0 Å². The minimum absolute atomic E-state index is 0.0107. The number of halogens is 3. The molecule has 21 heavy (non-hydrogen) atoms. The normalized spacial score (nSPS) is 23.0. The molecule has 1 aromatic rings. The highest BCUT2D eigenvalue weighted by atomic mass is 19.4. The van der Waals surface area contributed by atoms with Crippen molar-refractivity contribution in [2.24, 2.45) is 0 Å². The summed E-state index contributed by atoms with van der Waals surface area (Å²) >= 11 is 0. The molecule has 2 atom stereocenters.